The van der Waals surface area contributed by atoms with E-state index in [-0.39, 0.29) is 6.04 Å². The van der Waals surface area contributed by atoms with Crippen LogP contribution in [0.25, 0.3) is 0 Å². The number of rotatable bonds is 3. The monoisotopic (exact) mass is 178 g/mol. The van der Waals surface area contributed by atoms with Crippen LogP contribution in [0.3, 0.4) is 0 Å². The summed E-state index contributed by atoms with van der Waals surface area (Å²) in [6.45, 7) is 4.54. The maximum atomic E-state index is 8.73. The average molecular weight is 178 g/mol. The minimum absolute atomic E-state index is 0.169. The summed E-state index contributed by atoms with van der Waals surface area (Å²) in [5.41, 5.74) is 2.08. The van der Waals surface area contributed by atoms with Crippen LogP contribution in [0.1, 0.15) is 11.4 Å². The van der Waals surface area contributed by atoms with Crippen molar-refractivity contribution in [2.24, 2.45) is 0 Å². The van der Waals surface area contributed by atoms with E-state index in [2.05, 4.69) is 16.5 Å². The van der Waals surface area contributed by atoms with Gasteiger partial charge in [0.15, 0.2) is 0 Å². The number of likely N-dealkylation sites (N-methyl/N-ethyl adjacent to an activating group) is 1. The summed E-state index contributed by atoms with van der Waals surface area (Å²) in [6, 6.07) is 4.00. The fourth-order valence-corrected chi connectivity index (χ4v) is 1.23. The van der Waals surface area contributed by atoms with E-state index in [1.165, 1.54) is 0 Å². The van der Waals surface area contributed by atoms with Crippen LogP contribution in [-0.4, -0.2) is 22.9 Å². The standard InChI is InChI=1S/C9H14N4/c1-7-4-8(2)13(12-7)6-9(5-10)11-3/h4,9,11H,6H2,1-3H3. The highest BCUT2D eigenvalue weighted by Crippen LogP contribution is 2.02. The van der Waals surface area contributed by atoms with Crippen LogP contribution in [0.4, 0.5) is 0 Å². The Hall–Kier alpha value is -1.34. The Labute approximate surface area is 78.2 Å². The van der Waals surface area contributed by atoms with E-state index in [9.17, 15) is 0 Å². The summed E-state index contributed by atoms with van der Waals surface area (Å²) in [6.07, 6.45) is 0. The van der Waals surface area contributed by atoms with E-state index >= 15 is 0 Å². The molecular formula is C9H14N4. The number of aryl methyl sites for hydroxylation is 2. The maximum absolute atomic E-state index is 8.73. The smallest absolute Gasteiger partial charge is 0.115 e. The van der Waals surface area contributed by atoms with E-state index in [0.717, 1.165) is 11.4 Å². The molecule has 0 aliphatic heterocycles. The molecule has 0 bridgehead atoms. The fraction of sp³-hybridized carbons (Fsp3) is 0.556. The quantitative estimate of drug-likeness (QED) is 0.738. The zero-order chi connectivity index (χ0) is 9.84. The second-order valence-corrected chi connectivity index (χ2v) is 3.08. The lowest BCUT2D eigenvalue weighted by Gasteiger charge is -2.08. The van der Waals surface area contributed by atoms with Crippen LogP contribution >= 0.6 is 0 Å². The Kier molecular flexibility index (Phi) is 3.04. The van der Waals surface area contributed by atoms with Crippen molar-refractivity contribution in [2.45, 2.75) is 26.4 Å². The van der Waals surface area contributed by atoms with Crippen molar-refractivity contribution in [3.63, 3.8) is 0 Å². The molecule has 0 aliphatic rings. The Morgan fingerprint density at radius 1 is 1.69 bits per heavy atom. The molecule has 0 saturated heterocycles. The molecule has 1 aromatic heterocycles. The van der Waals surface area contributed by atoms with Crippen molar-refractivity contribution in [3.8, 4) is 6.07 Å². The third-order valence-electron chi connectivity index (χ3n) is 1.96. The first-order valence-corrected chi connectivity index (χ1v) is 4.25. The number of nitrogens with zero attached hydrogens (tertiary/aromatic N) is 3. The van der Waals surface area contributed by atoms with Gasteiger partial charge in [-0.05, 0) is 27.0 Å². The molecule has 1 atom stereocenters. The predicted octanol–water partition coefficient (Wildman–Crippen LogP) is 0.612. The second-order valence-electron chi connectivity index (χ2n) is 3.08. The molecule has 70 valence electrons. The van der Waals surface area contributed by atoms with Gasteiger partial charge in [0.2, 0.25) is 0 Å². The molecule has 0 saturated carbocycles. The largest absolute Gasteiger partial charge is 0.303 e. The molecule has 0 amide bonds. The molecule has 1 unspecified atom stereocenters. The minimum Gasteiger partial charge on any atom is -0.303 e. The van der Waals surface area contributed by atoms with Gasteiger partial charge in [-0.1, -0.05) is 0 Å². The topological polar surface area (TPSA) is 53.6 Å². The van der Waals surface area contributed by atoms with Gasteiger partial charge in [0.1, 0.15) is 6.04 Å². The summed E-state index contributed by atoms with van der Waals surface area (Å²) < 4.78 is 1.85. The van der Waals surface area contributed by atoms with Gasteiger partial charge in [-0.15, -0.1) is 0 Å². The normalized spacial score (nSPS) is 12.5. The summed E-state index contributed by atoms with van der Waals surface area (Å²) in [4.78, 5) is 0. The van der Waals surface area contributed by atoms with Gasteiger partial charge in [-0.3, -0.25) is 4.68 Å². The molecular weight excluding hydrogens is 164 g/mol. The molecule has 1 N–H and O–H groups in total. The van der Waals surface area contributed by atoms with E-state index in [1.807, 2.05) is 24.6 Å². The number of hydrogen-bond donors (Lipinski definition) is 1. The highest BCUT2D eigenvalue weighted by atomic mass is 15.3. The van der Waals surface area contributed by atoms with Crippen LogP contribution in [0.2, 0.25) is 0 Å². The van der Waals surface area contributed by atoms with Crippen LogP contribution in [-0.2, 0) is 6.54 Å². The van der Waals surface area contributed by atoms with Crippen molar-refractivity contribution in [1.82, 2.24) is 15.1 Å². The van der Waals surface area contributed by atoms with E-state index in [1.54, 1.807) is 7.05 Å². The first-order chi connectivity index (χ1) is 6.17. The van der Waals surface area contributed by atoms with E-state index in [0.29, 0.717) is 6.54 Å². The van der Waals surface area contributed by atoms with E-state index < -0.39 is 0 Å². The van der Waals surface area contributed by atoms with Gasteiger partial charge in [-0.2, -0.15) is 10.4 Å². The molecule has 13 heavy (non-hydrogen) atoms. The Morgan fingerprint density at radius 3 is 2.77 bits per heavy atom. The van der Waals surface area contributed by atoms with E-state index in [4.69, 9.17) is 5.26 Å². The first-order valence-electron chi connectivity index (χ1n) is 4.25. The molecule has 1 heterocycles. The number of nitriles is 1. The number of nitrogens with one attached hydrogen (secondary N) is 1. The van der Waals surface area contributed by atoms with Gasteiger partial charge >= 0.3 is 0 Å². The summed E-state index contributed by atoms with van der Waals surface area (Å²) in [7, 11) is 1.78. The van der Waals surface area contributed by atoms with Gasteiger partial charge in [-0.25, -0.2) is 0 Å². The highest BCUT2D eigenvalue weighted by Gasteiger charge is 2.07. The van der Waals surface area contributed by atoms with Crippen LogP contribution in [0.5, 0.6) is 0 Å². The summed E-state index contributed by atoms with van der Waals surface area (Å²) in [5.74, 6) is 0. The van der Waals surface area contributed by atoms with Gasteiger partial charge in [0, 0.05) is 5.69 Å². The Morgan fingerprint density at radius 2 is 2.38 bits per heavy atom. The lowest BCUT2D eigenvalue weighted by molar-refractivity contribution is 0.510. The Bertz CT molecular complexity index is 321. The fourth-order valence-electron chi connectivity index (χ4n) is 1.23. The molecule has 0 aliphatic carbocycles. The van der Waals surface area contributed by atoms with Crippen LogP contribution in [0.15, 0.2) is 6.07 Å². The van der Waals surface area contributed by atoms with Gasteiger partial charge in [0.25, 0.3) is 0 Å². The molecule has 4 heteroatoms. The molecule has 4 nitrogen and oxygen atoms in total. The molecule has 1 rings (SSSR count). The number of hydrogen-bond acceptors (Lipinski definition) is 3. The molecule has 0 radical (unpaired) electrons. The summed E-state index contributed by atoms with van der Waals surface area (Å²) in [5, 5.41) is 15.9. The van der Waals surface area contributed by atoms with Crippen LogP contribution in [0, 0.1) is 25.2 Å². The van der Waals surface area contributed by atoms with Gasteiger partial charge in [0.05, 0.1) is 18.3 Å². The maximum Gasteiger partial charge on any atom is 0.115 e. The lowest BCUT2D eigenvalue weighted by Crippen LogP contribution is -2.29. The third kappa shape index (κ3) is 2.30. The molecule has 0 aromatic carbocycles. The van der Waals surface area contributed by atoms with Crippen molar-refractivity contribution in [3.05, 3.63) is 17.5 Å². The molecule has 0 fully saturated rings. The Balaban J connectivity index is 2.74. The SMILES string of the molecule is CNC(C#N)Cn1nc(C)cc1C. The van der Waals surface area contributed by atoms with Crippen molar-refractivity contribution < 1.29 is 0 Å². The zero-order valence-corrected chi connectivity index (χ0v) is 8.20. The van der Waals surface area contributed by atoms with Crippen molar-refractivity contribution in [1.29, 1.82) is 5.26 Å². The molecule has 0 spiro atoms. The first kappa shape index (κ1) is 9.75. The average Bonchev–Trinajstić information content (AvgIpc) is 2.41. The zero-order valence-electron chi connectivity index (χ0n) is 8.20. The third-order valence-corrected chi connectivity index (χ3v) is 1.96. The predicted molar refractivity (Wildman–Crippen MR) is 50.2 cm³/mol. The highest BCUT2D eigenvalue weighted by molar-refractivity contribution is 5.07. The van der Waals surface area contributed by atoms with Crippen LogP contribution < -0.4 is 5.32 Å². The van der Waals surface area contributed by atoms with Gasteiger partial charge < -0.3 is 5.32 Å². The molecule has 1 aromatic rings. The van der Waals surface area contributed by atoms with Crippen molar-refractivity contribution in [2.75, 3.05) is 7.05 Å². The second kappa shape index (κ2) is 4.06. The summed E-state index contributed by atoms with van der Waals surface area (Å²) >= 11 is 0. The van der Waals surface area contributed by atoms with Crippen molar-refractivity contribution >= 4 is 0 Å². The number of aromatic nitrogens is 2. The lowest BCUT2D eigenvalue weighted by atomic mass is 10.3. The minimum atomic E-state index is -0.169.